The lowest BCUT2D eigenvalue weighted by molar-refractivity contribution is 0.680. The van der Waals surface area contributed by atoms with Gasteiger partial charge in [-0.25, -0.2) is 0 Å². The third kappa shape index (κ3) is 1.33. The molecule has 0 atom stereocenters. The van der Waals surface area contributed by atoms with Gasteiger partial charge in [0.05, 0.1) is 16.1 Å². The lowest BCUT2D eigenvalue weighted by Gasteiger charge is -2.10. The van der Waals surface area contributed by atoms with Gasteiger partial charge < -0.3 is 4.98 Å². The zero-order valence-corrected chi connectivity index (χ0v) is 10.7. The number of H-pyrrole nitrogens is 1. The Morgan fingerprint density at radius 1 is 1.11 bits per heavy atom. The number of hydrogen-bond acceptors (Lipinski definition) is 1. The number of nitrogens with zero attached hydrogens (tertiary/aromatic N) is 1. The van der Waals surface area contributed by atoms with E-state index in [0.29, 0.717) is 0 Å². The smallest absolute Gasteiger partial charge is 0.0909 e. The van der Waals surface area contributed by atoms with Crippen LogP contribution < -0.4 is 0 Å². The minimum absolute atomic E-state index is 0.724. The summed E-state index contributed by atoms with van der Waals surface area (Å²) in [7, 11) is 0. The molecule has 1 N–H and O–H groups in total. The zero-order valence-electron chi connectivity index (χ0n) is 9.96. The van der Waals surface area contributed by atoms with Crippen molar-refractivity contribution in [3.8, 4) is 0 Å². The van der Waals surface area contributed by atoms with E-state index < -0.39 is 0 Å². The predicted octanol–water partition coefficient (Wildman–Crippen LogP) is 4.25. The van der Waals surface area contributed by atoms with Crippen molar-refractivity contribution in [1.82, 2.24) is 9.97 Å². The second-order valence-electron chi connectivity index (χ2n) is 4.97. The number of hydrogen-bond donors (Lipinski definition) is 1. The van der Waals surface area contributed by atoms with Crippen LogP contribution in [0.5, 0.6) is 0 Å². The fourth-order valence-electron chi connectivity index (χ4n) is 3.04. The van der Waals surface area contributed by atoms with E-state index in [-0.39, 0.29) is 0 Å². The number of pyridine rings is 1. The van der Waals surface area contributed by atoms with E-state index in [2.05, 4.69) is 16.0 Å². The molecule has 0 unspecified atom stereocenters. The average Bonchev–Trinajstić information content (AvgIpc) is 2.78. The monoisotopic (exact) mass is 256 g/mol. The first-order chi connectivity index (χ1) is 8.84. The van der Waals surface area contributed by atoms with Gasteiger partial charge in [-0.15, -0.1) is 0 Å². The number of nitrogens with one attached hydrogen (secondary N) is 1. The number of para-hydroxylation sites is 1. The summed E-state index contributed by atoms with van der Waals surface area (Å²) < 4.78 is 0. The van der Waals surface area contributed by atoms with Crippen LogP contribution in [0.1, 0.15) is 24.1 Å². The molecule has 1 aliphatic carbocycles. The summed E-state index contributed by atoms with van der Waals surface area (Å²) in [4.78, 5) is 8.12. The van der Waals surface area contributed by atoms with Gasteiger partial charge in [-0.1, -0.05) is 23.7 Å². The van der Waals surface area contributed by atoms with Crippen LogP contribution in [0.2, 0.25) is 5.02 Å². The fraction of sp³-hybridized carbons (Fsp3) is 0.267. The predicted molar refractivity (Wildman–Crippen MR) is 75.3 cm³/mol. The summed E-state index contributed by atoms with van der Waals surface area (Å²) >= 11 is 6.21. The lowest BCUT2D eigenvalue weighted by Crippen LogP contribution is -1.99. The van der Waals surface area contributed by atoms with Gasteiger partial charge >= 0.3 is 0 Å². The van der Waals surface area contributed by atoms with Crippen molar-refractivity contribution in [2.45, 2.75) is 25.7 Å². The minimum Gasteiger partial charge on any atom is -0.358 e. The number of rotatable bonds is 0. The largest absolute Gasteiger partial charge is 0.358 e. The number of fused-ring (bicyclic) bond motifs is 5. The Balaban J connectivity index is 2.16. The quantitative estimate of drug-likeness (QED) is 0.640. The van der Waals surface area contributed by atoms with Crippen LogP contribution >= 0.6 is 11.6 Å². The number of aromatic amines is 1. The van der Waals surface area contributed by atoms with Gasteiger partial charge in [-0.3, -0.25) is 4.98 Å². The van der Waals surface area contributed by atoms with E-state index in [1.54, 1.807) is 0 Å². The molecular weight excluding hydrogens is 244 g/mol. The second kappa shape index (κ2) is 3.72. The third-order valence-electron chi connectivity index (χ3n) is 3.92. The first-order valence-electron chi connectivity index (χ1n) is 6.41. The molecule has 1 aromatic carbocycles. The topological polar surface area (TPSA) is 28.7 Å². The van der Waals surface area contributed by atoms with E-state index in [1.807, 2.05) is 18.3 Å². The van der Waals surface area contributed by atoms with Crippen molar-refractivity contribution in [2.75, 3.05) is 0 Å². The van der Waals surface area contributed by atoms with Gasteiger partial charge in [0.15, 0.2) is 0 Å². The van der Waals surface area contributed by atoms with Crippen LogP contribution in [0.3, 0.4) is 0 Å². The molecule has 0 fully saturated rings. The SMILES string of the molecule is Clc1cccc2c1ncc1c3c([nH]c12)CCCC3. The molecule has 0 saturated heterocycles. The van der Waals surface area contributed by atoms with E-state index in [1.165, 1.54) is 41.4 Å². The maximum atomic E-state index is 6.21. The highest BCUT2D eigenvalue weighted by Gasteiger charge is 2.17. The summed E-state index contributed by atoms with van der Waals surface area (Å²) in [6, 6.07) is 5.98. The molecule has 3 heteroatoms. The Bertz CT molecular complexity index is 758. The lowest BCUT2D eigenvalue weighted by atomic mass is 9.96. The van der Waals surface area contributed by atoms with E-state index in [4.69, 9.17) is 11.6 Å². The Kier molecular flexibility index (Phi) is 2.15. The second-order valence-corrected chi connectivity index (χ2v) is 5.38. The Labute approximate surface area is 110 Å². The highest BCUT2D eigenvalue weighted by Crippen LogP contribution is 2.33. The fourth-order valence-corrected chi connectivity index (χ4v) is 3.27. The molecule has 18 heavy (non-hydrogen) atoms. The van der Waals surface area contributed by atoms with Crippen LogP contribution in [0.15, 0.2) is 24.4 Å². The van der Waals surface area contributed by atoms with Crippen LogP contribution in [0.4, 0.5) is 0 Å². The zero-order chi connectivity index (χ0) is 12.1. The standard InChI is InChI=1S/C15H13ClN2/c16-12-6-3-5-10-14-11(8-17-15(10)12)9-4-1-2-7-13(9)18-14/h3,5-6,8,18H,1-2,4,7H2. The molecule has 0 aliphatic heterocycles. The van der Waals surface area contributed by atoms with Crippen LogP contribution in [-0.4, -0.2) is 9.97 Å². The third-order valence-corrected chi connectivity index (χ3v) is 4.22. The van der Waals surface area contributed by atoms with Gasteiger partial charge in [-0.2, -0.15) is 0 Å². The van der Waals surface area contributed by atoms with Crippen molar-refractivity contribution in [2.24, 2.45) is 0 Å². The highest BCUT2D eigenvalue weighted by molar-refractivity contribution is 6.35. The van der Waals surface area contributed by atoms with Crippen molar-refractivity contribution in [3.05, 3.63) is 40.7 Å². The summed E-state index contributed by atoms with van der Waals surface area (Å²) in [5, 5.41) is 3.14. The average molecular weight is 257 g/mol. The van der Waals surface area contributed by atoms with E-state index in [0.717, 1.165) is 22.3 Å². The van der Waals surface area contributed by atoms with Gasteiger partial charge in [0.2, 0.25) is 0 Å². The minimum atomic E-state index is 0.724. The number of aryl methyl sites for hydroxylation is 2. The van der Waals surface area contributed by atoms with Crippen LogP contribution in [0.25, 0.3) is 21.8 Å². The molecule has 2 heterocycles. The van der Waals surface area contributed by atoms with E-state index in [9.17, 15) is 0 Å². The van der Waals surface area contributed by atoms with Gasteiger partial charge in [-0.05, 0) is 37.3 Å². The molecule has 0 saturated carbocycles. The van der Waals surface area contributed by atoms with Crippen LogP contribution in [0, 0.1) is 0 Å². The van der Waals surface area contributed by atoms with Crippen molar-refractivity contribution >= 4 is 33.4 Å². The molecule has 0 radical (unpaired) electrons. The molecule has 2 aromatic heterocycles. The molecule has 2 nitrogen and oxygen atoms in total. The van der Waals surface area contributed by atoms with Gasteiger partial charge in [0, 0.05) is 22.7 Å². The molecular formula is C15H13ClN2. The Hall–Kier alpha value is -1.54. The summed E-state index contributed by atoms with van der Waals surface area (Å²) in [6.45, 7) is 0. The number of halogens is 1. The maximum Gasteiger partial charge on any atom is 0.0909 e. The molecule has 90 valence electrons. The van der Waals surface area contributed by atoms with Crippen molar-refractivity contribution < 1.29 is 0 Å². The molecule has 3 aromatic rings. The molecule has 0 spiro atoms. The molecule has 0 amide bonds. The summed E-state index contributed by atoms with van der Waals surface area (Å²) in [5.41, 5.74) is 4.95. The molecule has 0 bridgehead atoms. The first-order valence-corrected chi connectivity index (χ1v) is 6.79. The van der Waals surface area contributed by atoms with Gasteiger partial charge in [0.25, 0.3) is 0 Å². The maximum absolute atomic E-state index is 6.21. The molecule has 1 aliphatic rings. The first kappa shape index (κ1) is 10.4. The Morgan fingerprint density at radius 3 is 2.94 bits per heavy atom. The molecule has 4 rings (SSSR count). The van der Waals surface area contributed by atoms with Crippen molar-refractivity contribution in [1.29, 1.82) is 0 Å². The highest BCUT2D eigenvalue weighted by atomic mass is 35.5. The normalized spacial score (nSPS) is 15.2. The summed E-state index contributed by atoms with van der Waals surface area (Å²) in [6.07, 6.45) is 6.87. The van der Waals surface area contributed by atoms with Crippen molar-refractivity contribution in [3.63, 3.8) is 0 Å². The summed E-state index contributed by atoms with van der Waals surface area (Å²) in [5.74, 6) is 0. The van der Waals surface area contributed by atoms with Crippen LogP contribution in [-0.2, 0) is 12.8 Å². The number of benzene rings is 1. The Morgan fingerprint density at radius 2 is 2.00 bits per heavy atom. The van der Waals surface area contributed by atoms with E-state index >= 15 is 0 Å². The number of aromatic nitrogens is 2. The van der Waals surface area contributed by atoms with Gasteiger partial charge in [0.1, 0.15) is 0 Å².